The Bertz CT molecular complexity index is 1880. The molecule has 13 heteroatoms. The topological polar surface area (TPSA) is 88.1 Å². The number of halogens is 3. The molecule has 0 bridgehead atoms. The quantitative estimate of drug-likeness (QED) is 0.155. The molecule has 5 rings (SSSR count). The SMILES string of the molecule is COc1ccc(CN(c2ccncn2)S(=O)(=O)c2c(C)cc(N3CCC[C@@](CCc4cccc(C(F)(F)F)c4)(N(C)C)C3)cc2C)c(OC)c1. The molecule has 0 unspecified atom stereocenters. The molecule has 1 aromatic heterocycles. The highest BCUT2D eigenvalue weighted by atomic mass is 32.2. The monoisotopic (exact) mass is 711 g/mol. The molecule has 1 fully saturated rings. The van der Waals surface area contributed by atoms with Gasteiger partial charge in [0.15, 0.2) is 0 Å². The maximum atomic E-state index is 14.6. The third-order valence-electron chi connectivity index (χ3n) is 9.63. The van der Waals surface area contributed by atoms with E-state index in [2.05, 4.69) is 19.8 Å². The third-order valence-corrected chi connectivity index (χ3v) is 11.7. The lowest BCUT2D eigenvalue weighted by atomic mass is 9.82. The normalized spacial score (nSPS) is 16.8. The van der Waals surface area contributed by atoms with E-state index in [4.69, 9.17) is 9.47 Å². The maximum absolute atomic E-state index is 14.6. The summed E-state index contributed by atoms with van der Waals surface area (Å²) in [6.45, 7) is 4.97. The van der Waals surface area contributed by atoms with Gasteiger partial charge in [-0.3, -0.25) is 0 Å². The van der Waals surface area contributed by atoms with Crippen LogP contribution in [0.4, 0.5) is 24.7 Å². The predicted molar refractivity (Wildman–Crippen MR) is 188 cm³/mol. The van der Waals surface area contributed by atoms with Gasteiger partial charge in [-0.2, -0.15) is 13.2 Å². The average Bonchev–Trinajstić information content (AvgIpc) is 3.09. The van der Waals surface area contributed by atoms with Crippen LogP contribution in [0.3, 0.4) is 0 Å². The van der Waals surface area contributed by atoms with Crippen molar-refractivity contribution in [1.29, 1.82) is 0 Å². The molecule has 2 heterocycles. The molecule has 3 aromatic carbocycles. The van der Waals surface area contributed by atoms with Gasteiger partial charge >= 0.3 is 6.18 Å². The molecule has 9 nitrogen and oxygen atoms in total. The van der Waals surface area contributed by atoms with Crippen LogP contribution in [0.5, 0.6) is 11.5 Å². The van der Waals surface area contributed by atoms with Gasteiger partial charge in [-0.15, -0.1) is 0 Å². The van der Waals surface area contributed by atoms with E-state index in [1.165, 1.54) is 36.1 Å². The van der Waals surface area contributed by atoms with Crippen molar-refractivity contribution >= 4 is 21.5 Å². The number of hydrogen-bond donors (Lipinski definition) is 0. The van der Waals surface area contributed by atoms with E-state index in [1.807, 2.05) is 26.2 Å². The van der Waals surface area contributed by atoms with Crippen LogP contribution in [0, 0.1) is 13.8 Å². The minimum absolute atomic E-state index is 0.0451. The fraction of sp³-hybridized carbons (Fsp3) is 0.405. The predicted octanol–water partition coefficient (Wildman–Crippen LogP) is 7.06. The minimum atomic E-state index is -4.39. The summed E-state index contributed by atoms with van der Waals surface area (Å²) < 4.78 is 81.5. The molecule has 1 atom stereocenters. The second kappa shape index (κ2) is 14.9. The van der Waals surface area contributed by atoms with Crippen molar-refractivity contribution in [3.63, 3.8) is 0 Å². The summed E-state index contributed by atoms with van der Waals surface area (Å²) in [7, 11) is 2.96. The number of rotatable bonds is 12. The van der Waals surface area contributed by atoms with Crippen LogP contribution in [0.2, 0.25) is 0 Å². The summed E-state index contributed by atoms with van der Waals surface area (Å²) in [5.74, 6) is 1.27. The fourth-order valence-corrected chi connectivity index (χ4v) is 8.71. The molecule has 0 spiro atoms. The second-order valence-electron chi connectivity index (χ2n) is 13.0. The van der Waals surface area contributed by atoms with E-state index >= 15 is 0 Å². The van der Waals surface area contributed by atoms with E-state index in [0.29, 0.717) is 53.1 Å². The van der Waals surface area contributed by atoms with Crippen molar-refractivity contribution in [2.45, 2.75) is 62.7 Å². The first-order chi connectivity index (χ1) is 23.7. The average molecular weight is 712 g/mol. The third kappa shape index (κ3) is 7.83. The first-order valence-corrected chi connectivity index (χ1v) is 17.8. The van der Waals surface area contributed by atoms with E-state index in [1.54, 1.807) is 51.3 Å². The molecule has 268 valence electrons. The van der Waals surface area contributed by atoms with Crippen LogP contribution in [0.1, 0.15) is 47.1 Å². The number of piperidine rings is 1. The molecule has 0 radical (unpaired) electrons. The Hall–Kier alpha value is -4.36. The number of likely N-dealkylation sites (N-methyl/N-ethyl adjacent to an activating group) is 1. The van der Waals surface area contributed by atoms with Crippen LogP contribution in [0.15, 0.2) is 78.1 Å². The standard InChI is InChI=1S/C37H44F3N5O4S/c1-26-19-31(44-18-8-15-36(24-44,43(3)4)16-13-28-9-7-10-30(21-28)37(38,39)40)20-27(2)35(26)50(46,47)45(34-14-17-41-25-42-34)23-29-11-12-32(48-5)22-33(29)49-6/h7,9-12,14,17,19-22,25H,8,13,15-16,18,23-24H2,1-6H3/t36-/m0/s1. The number of sulfonamides is 1. The zero-order valence-corrected chi connectivity index (χ0v) is 30.1. The lowest BCUT2D eigenvalue weighted by molar-refractivity contribution is -0.137. The number of methoxy groups -OCH3 is 2. The van der Waals surface area contributed by atoms with Crippen molar-refractivity contribution in [1.82, 2.24) is 14.9 Å². The number of benzene rings is 3. The van der Waals surface area contributed by atoms with Crippen LogP contribution >= 0.6 is 0 Å². The summed E-state index contributed by atoms with van der Waals surface area (Å²) in [6.07, 6.45) is 1.37. The highest BCUT2D eigenvalue weighted by molar-refractivity contribution is 7.92. The number of nitrogens with zero attached hydrogens (tertiary/aromatic N) is 5. The molecule has 0 N–H and O–H groups in total. The molecule has 1 aliphatic heterocycles. The van der Waals surface area contributed by atoms with Crippen LogP contribution < -0.4 is 18.7 Å². The lowest BCUT2D eigenvalue weighted by Gasteiger charge is -2.48. The second-order valence-corrected chi connectivity index (χ2v) is 14.8. The molecular weight excluding hydrogens is 667 g/mol. The Morgan fingerprint density at radius 3 is 2.34 bits per heavy atom. The van der Waals surface area contributed by atoms with Crippen molar-refractivity contribution in [2.24, 2.45) is 0 Å². The highest BCUT2D eigenvalue weighted by Crippen LogP contribution is 2.38. The largest absolute Gasteiger partial charge is 0.497 e. The van der Waals surface area contributed by atoms with Crippen molar-refractivity contribution < 1.29 is 31.1 Å². The number of hydrogen-bond acceptors (Lipinski definition) is 8. The molecule has 0 aliphatic carbocycles. The fourth-order valence-electron chi connectivity index (χ4n) is 6.89. The summed E-state index contributed by atoms with van der Waals surface area (Å²) in [4.78, 5) is 12.9. The van der Waals surface area contributed by atoms with E-state index < -0.39 is 21.8 Å². The number of alkyl halides is 3. The van der Waals surface area contributed by atoms with E-state index in [-0.39, 0.29) is 22.8 Å². The molecule has 0 amide bonds. The molecular formula is C37H44F3N5O4S. The smallest absolute Gasteiger partial charge is 0.416 e. The molecule has 0 saturated carbocycles. The Labute approximate surface area is 292 Å². The van der Waals surface area contributed by atoms with Gasteiger partial charge in [-0.05, 0) is 101 Å². The number of aryl methyl sites for hydroxylation is 3. The summed E-state index contributed by atoms with van der Waals surface area (Å²) >= 11 is 0. The molecule has 4 aromatic rings. The summed E-state index contributed by atoms with van der Waals surface area (Å²) in [5.41, 5.74) is 2.42. The van der Waals surface area contributed by atoms with Gasteiger partial charge in [-0.1, -0.05) is 18.2 Å². The van der Waals surface area contributed by atoms with Crippen LogP contribution in [-0.2, 0) is 29.2 Å². The van der Waals surface area contributed by atoms with Crippen molar-refractivity contribution in [3.05, 3.63) is 101 Å². The zero-order valence-electron chi connectivity index (χ0n) is 29.3. The van der Waals surface area contributed by atoms with Gasteiger partial charge in [0.1, 0.15) is 23.6 Å². The highest BCUT2D eigenvalue weighted by Gasteiger charge is 2.38. The van der Waals surface area contributed by atoms with Gasteiger partial charge in [0.2, 0.25) is 0 Å². The van der Waals surface area contributed by atoms with Gasteiger partial charge in [0.05, 0.1) is 31.2 Å². The number of anilines is 2. The first kappa shape index (κ1) is 36.9. The molecule has 50 heavy (non-hydrogen) atoms. The van der Waals surface area contributed by atoms with Gasteiger partial charge in [0, 0.05) is 48.2 Å². The van der Waals surface area contributed by atoms with Crippen molar-refractivity contribution in [2.75, 3.05) is 50.6 Å². The molecule has 1 aliphatic rings. The van der Waals surface area contributed by atoms with Crippen LogP contribution in [-0.4, -0.2) is 70.2 Å². The van der Waals surface area contributed by atoms with E-state index in [0.717, 1.165) is 31.1 Å². The number of aromatic nitrogens is 2. The van der Waals surface area contributed by atoms with Crippen LogP contribution in [0.25, 0.3) is 0 Å². The lowest BCUT2D eigenvalue weighted by Crippen LogP contribution is -2.56. The Kier molecular flexibility index (Phi) is 11.0. The Morgan fingerprint density at radius 2 is 1.72 bits per heavy atom. The van der Waals surface area contributed by atoms with E-state index in [9.17, 15) is 21.6 Å². The van der Waals surface area contributed by atoms with Gasteiger partial charge in [0.25, 0.3) is 10.0 Å². The first-order valence-electron chi connectivity index (χ1n) is 16.4. The Morgan fingerprint density at radius 1 is 0.980 bits per heavy atom. The van der Waals surface area contributed by atoms with Gasteiger partial charge < -0.3 is 19.3 Å². The van der Waals surface area contributed by atoms with Gasteiger partial charge in [-0.25, -0.2) is 22.7 Å². The Balaban J connectivity index is 1.45. The molecule has 1 saturated heterocycles. The number of ether oxygens (including phenoxy) is 2. The summed E-state index contributed by atoms with van der Waals surface area (Å²) in [5, 5.41) is 0. The maximum Gasteiger partial charge on any atom is 0.416 e. The summed E-state index contributed by atoms with van der Waals surface area (Å²) in [6, 6.07) is 16.2. The van der Waals surface area contributed by atoms with Crippen molar-refractivity contribution in [3.8, 4) is 11.5 Å². The minimum Gasteiger partial charge on any atom is -0.497 e. The zero-order chi connectivity index (χ0) is 36.3.